The van der Waals surface area contributed by atoms with Gasteiger partial charge in [0, 0.05) is 36.0 Å². The average molecular weight is 299 g/mol. The topological polar surface area (TPSA) is 96.3 Å². The van der Waals surface area contributed by atoms with Crippen LogP contribution in [-0.2, 0) is 4.79 Å². The summed E-state index contributed by atoms with van der Waals surface area (Å²) >= 11 is 0. The molecule has 2 amide bonds. The number of H-pyrrole nitrogens is 1. The zero-order valence-corrected chi connectivity index (χ0v) is 12.0. The van der Waals surface area contributed by atoms with E-state index in [1.807, 2.05) is 18.2 Å². The summed E-state index contributed by atoms with van der Waals surface area (Å²) in [7, 11) is 0. The van der Waals surface area contributed by atoms with E-state index in [1.54, 1.807) is 11.0 Å². The van der Waals surface area contributed by atoms with Gasteiger partial charge in [0.25, 0.3) is 5.91 Å². The van der Waals surface area contributed by atoms with Crippen LogP contribution < -0.4 is 11.3 Å². The number of carbonyl (C=O) groups excluding carboxylic acids is 2. The molecular weight excluding hydrogens is 282 g/mol. The number of carbonyl (C=O) groups is 2. The summed E-state index contributed by atoms with van der Waals surface area (Å²) in [5.41, 5.74) is 6.05. The summed E-state index contributed by atoms with van der Waals surface area (Å²) in [4.78, 5) is 40.0. The highest BCUT2D eigenvalue weighted by atomic mass is 16.2. The molecule has 1 fully saturated rings. The van der Waals surface area contributed by atoms with Gasteiger partial charge in [0.15, 0.2) is 0 Å². The number of hydrogen-bond donors (Lipinski definition) is 2. The standard InChI is InChI=1S/C16H17N3O3/c17-15(21)10-5-7-19(8-6-10)16(22)12-9-14(20)18-13-4-2-1-3-11(12)13/h1-4,9-10H,5-8H2,(H2,17,21)(H,18,20). The minimum absolute atomic E-state index is 0.167. The number of piperidine rings is 1. The first-order valence-corrected chi connectivity index (χ1v) is 7.27. The molecule has 0 aliphatic carbocycles. The largest absolute Gasteiger partial charge is 0.369 e. The predicted molar refractivity (Wildman–Crippen MR) is 82.4 cm³/mol. The number of primary amides is 1. The summed E-state index contributed by atoms with van der Waals surface area (Å²) in [6.45, 7) is 0.959. The monoisotopic (exact) mass is 299 g/mol. The first kappa shape index (κ1) is 14.3. The number of aromatic amines is 1. The fourth-order valence-electron chi connectivity index (χ4n) is 2.92. The van der Waals surface area contributed by atoms with Crippen LogP contribution in [0.25, 0.3) is 10.9 Å². The number of likely N-dealkylation sites (tertiary alicyclic amines) is 1. The van der Waals surface area contributed by atoms with Crippen LogP contribution in [0.1, 0.15) is 23.2 Å². The Labute approximate surface area is 126 Å². The molecule has 0 atom stereocenters. The Hall–Kier alpha value is -2.63. The number of nitrogens with one attached hydrogen (secondary N) is 1. The van der Waals surface area contributed by atoms with Crippen molar-refractivity contribution in [1.29, 1.82) is 0 Å². The van der Waals surface area contributed by atoms with Crippen molar-refractivity contribution in [3.63, 3.8) is 0 Å². The van der Waals surface area contributed by atoms with Crippen molar-refractivity contribution in [2.24, 2.45) is 11.7 Å². The fourth-order valence-corrected chi connectivity index (χ4v) is 2.92. The van der Waals surface area contributed by atoms with Crippen molar-refractivity contribution in [2.45, 2.75) is 12.8 Å². The van der Waals surface area contributed by atoms with E-state index >= 15 is 0 Å². The second kappa shape index (κ2) is 5.63. The number of pyridine rings is 1. The van der Waals surface area contributed by atoms with E-state index in [2.05, 4.69) is 4.98 Å². The van der Waals surface area contributed by atoms with E-state index in [0.29, 0.717) is 37.0 Å². The van der Waals surface area contributed by atoms with Crippen LogP contribution in [0.3, 0.4) is 0 Å². The molecule has 2 aromatic rings. The zero-order valence-electron chi connectivity index (χ0n) is 12.0. The molecular formula is C16H17N3O3. The summed E-state index contributed by atoms with van der Waals surface area (Å²) in [5, 5.41) is 0.726. The number of nitrogens with zero attached hydrogens (tertiary/aromatic N) is 1. The lowest BCUT2D eigenvalue weighted by Crippen LogP contribution is -2.42. The Morgan fingerprint density at radius 3 is 2.55 bits per heavy atom. The van der Waals surface area contributed by atoms with Gasteiger partial charge in [-0.25, -0.2) is 0 Å². The van der Waals surface area contributed by atoms with E-state index in [4.69, 9.17) is 5.73 Å². The third-order valence-corrected chi connectivity index (χ3v) is 4.17. The molecule has 1 aliphatic heterocycles. The molecule has 0 bridgehead atoms. The van der Waals surface area contributed by atoms with E-state index in [9.17, 15) is 14.4 Å². The van der Waals surface area contributed by atoms with E-state index in [0.717, 1.165) is 5.39 Å². The van der Waals surface area contributed by atoms with Gasteiger partial charge in [0.2, 0.25) is 11.5 Å². The predicted octanol–water partition coefficient (Wildman–Crippen LogP) is 0.866. The normalized spacial score (nSPS) is 15.9. The van der Waals surface area contributed by atoms with Gasteiger partial charge >= 0.3 is 0 Å². The Morgan fingerprint density at radius 2 is 1.86 bits per heavy atom. The molecule has 114 valence electrons. The van der Waals surface area contributed by atoms with Crippen LogP contribution in [0.4, 0.5) is 0 Å². The highest BCUT2D eigenvalue weighted by Crippen LogP contribution is 2.21. The van der Waals surface area contributed by atoms with Crippen LogP contribution in [0.15, 0.2) is 35.1 Å². The van der Waals surface area contributed by atoms with Crippen molar-refractivity contribution in [1.82, 2.24) is 9.88 Å². The highest BCUT2D eigenvalue weighted by Gasteiger charge is 2.27. The molecule has 22 heavy (non-hydrogen) atoms. The lowest BCUT2D eigenvalue weighted by atomic mass is 9.95. The first-order chi connectivity index (χ1) is 10.6. The van der Waals surface area contributed by atoms with Gasteiger partial charge in [-0.2, -0.15) is 0 Å². The summed E-state index contributed by atoms with van der Waals surface area (Å²) in [6.07, 6.45) is 1.14. The van der Waals surface area contributed by atoms with Crippen LogP contribution in [0.2, 0.25) is 0 Å². The van der Waals surface area contributed by atoms with Gasteiger partial charge in [-0.05, 0) is 18.9 Å². The molecule has 0 saturated carbocycles. The second-order valence-electron chi connectivity index (χ2n) is 5.56. The first-order valence-electron chi connectivity index (χ1n) is 7.27. The SMILES string of the molecule is NC(=O)C1CCN(C(=O)c2cc(=O)[nH]c3ccccc23)CC1. The number of aromatic nitrogens is 1. The molecule has 1 aromatic heterocycles. The van der Waals surface area contributed by atoms with Crippen molar-refractivity contribution < 1.29 is 9.59 Å². The van der Waals surface area contributed by atoms with Gasteiger partial charge < -0.3 is 15.6 Å². The van der Waals surface area contributed by atoms with E-state index in [1.165, 1.54) is 6.07 Å². The van der Waals surface area contributed by atoms with Gasteiger partial charge in [-0.1, -0.05) is 18.2 Å². The van der Waals surface area contributed by atoms with Crippen LogP contribution in [0.5, 0.6) is 0 Å². The van der Waals surface area contributed by atoms with Gasteiger partial charge in [-0.3, -0.25) is 14.4 Å². The number of benzene rings is 1. The molecule has 0 spiro atoms. The van der Waals surface area contributed by atoms with Crippen LogP contribution in [-0.4, -0.2) is 34.8 Å². The van der Waals surface area contributed by atoms with Gasteiger partial charge in [0.05, 0.1) is 5.56 Å². The van der Waals surface area contributed by atoms with Crippen molar-refractivity contribution >= 4 is 22.7 Å². The maximum atomic E-state index is 12.7. The summed E-state index contributed by atoms with van der Waals surface area (Å²) in [6, 6.07) is 8.56. The molecule has 1 saturated heterocycles. The molecule has 3 N–H and O–H groups in total. The summed E-state index contributed by atoms with van der Waals surface area (Å²) < 4.78 is 0. The Bertz CT molecular complexity index is 789. The molecule has 1 aliphatic rings. The van der Waals surface area contributed by atoms with Crippen LogP contribution in [0, 0.1) is 5.92 Å². The lowest BCUT2D eigenvalue weighted by molar-refractivity contribution is -0.123. The molecule has 2 heterocycles. The number of rotatable bonds is 2. The third kappa shape index (κ3) is 2.59. The minimum Gasteiger partial charge on any atom is -0.369 e. The zero-order chi connectivity index (χ0) is 15.7. The van der Waals surface area contributed by atoms with Crippen molar-refractivity contribution in [3.8, 4) is 0 Å². The number of amides is 2. The van der Waals surface area contributed by atoms with Crippen molar-refractivity contribution in [2.75, 3.05) is 13.1 Å². The maximum Gasteiger partial charge on any atom is 0.254 e. The number of para-hydroxylation sites is 1. The molecule has 1 aromatic carbocycles. The second-order valence-corrected chi connectivity index (χ2v) is 5.56. The van der Waals surface area contributed by atoms with Gasteiger partial charge in [0.1, 0.15) is 0 Å². The van der Waals surface area contributed by atoms with Crippen LogP contribution >= 0.6 is 0 Å². The van der Waals surface area contributed by atoms with E-state index in [-0.39, 0.29) is 23.3 Å². The molecule has 6 heteroatoms. The molecule has 6 nitrogen and oxygen atoms in total. The third-order valence-electron chi connectivity index (χ3n) is 4.17. The van der Waals surface area contributed by atoms with E-state index < -0.39 is 0 Å². The number of hydrogen-bond acceptors (Lipinski definition) is 3. The fraction of sp³-hybridized carbons (Fsp3) is 0.312. The Morgan fingerprint density at radius 1 is 1.18 bits per heavy atom. The number of nitrogens with two attached hydrogens (primary N) is 1. The molecule has 3 rings (SSSR count). The lowest BCUT2D eigenvalue weighted by Gasteiger charge is -2.30. The summed E-state index contributed by atoms with van der Waals surface area (Å²) in [5.74, 6) is -0.654. The average Bonchev–Trinajstić information content (AvgIpc) is 2.53. The highest BCUT2D eigenvalue weighted by molar-refractivity contribution is 6.06. The number of fused-ring (bicyclic) bond motifs is 1. The molecule has 0 unspecified atom stereocenters. The minimum atomic E-state index is -0.311. The quantitative estimate of drug-likeness (QED) is 0.861. The Kier molecular flexibility index (Phi) is 3.66. The smallest absolute Gasteiger partial charge is 0.254 e. The van der Waals surface area contributed by atoms with Gasteiger partial charge in [-0.15, -0.1) is 0 Å². The Balaban J connectivity index is 1.90. The molecule has 0 radical (unpaired) electrons. The van der Waals surface area contributed by atoms with Crippen molar-refractivity contribution in [3.05, 3.63) is 46.2 Å². The maximum absolute atomic E-state index is 12.7.